The zero-order valence-electron chi connectivity index (χ0n) is 11.8. The lowest BCUT2D eigenvalue weighted by Gasteiger charge is -2.27. The molecule has 0 bridgehead atoms. The highest BCUT2D eigenvalue weighted by Crippen LogP contribution is 2.29. The summed E-state index contributed by atoms with van der Waals surface area (Å²) in [6, 6.07) is 3.41. The third-order valence-corrected chi connectivity index (χ3v) is 3.73. The number of rotatable bonds is 8. The zero-order chi connectivity index (χ0) is 14.5. The Morgan fingerprint density at radius 3 is 2.55 bits per heavy atom. The van der Waals surface area contributed by atoms with Crippen molar-refractivity contribution in [3.05, 3.63) is 35.4 Å². The number of likely N-dealkylation sites (N-methyl/N-ethyl adjacent to an activating group) is 1. The molecule has 20 heavy (non-hydrogen) atoms. The van der Waals surface area contributed by atoms with Crippen LogP contribution >= 0.6 is 0 Å². The molecule has 2 N–H and O–H groups in total. The first-order valence-corrected chi connectivity index (χ1v) is 7.05. The van der Waals surface area contributed by atoms with Crippen LogP contribution in [0.5, 0.6) is 0 Å². The summed E-state index contributed by atoms with van der Waals surface area (Å²) in [4.78, 5) is 1.84. The maximum atomic E-state index is 13.8. The molecule has 2 rings (SSSR count). The second-order valence-corrected chi connectivity index (χ2v) is 5.39. The minimum Gasteiger partial charge on any atom is -0.380 e. The summed E-state index contributed by atoms with van der Waals surface area (Å²) in [5.74, 6) is -0.382. The van der Waals surface area contributed by atoms with Gasteiger partial charge in [-0.2, -0.15) is 0 Å². The summed E-state index contributed by atoms with van der Waals surface area (Å²) in [5, 5.41) is 0. The molecule has 1 aliphatic rings. The van der Waals surface area contributed by atoms with Crippen LogP contribution in [0.3, 0.4) is 0 Å². The third kappa shape index (κ3) is 3.98. The molecule has 0 aliphatic heterocycles. The Morgan fingerprint density at radius 1 is 1.35 bits per heavy atom. The number of halogens is 2. The molecule has 3 nitrogen and oxygen atoms in total. The quantitative estimate of drug-likeness (QED) is 0.745. The molecular formula is C15H22F2N2O. The van der Waals surface area contributed by atoms with Crippen molar-refractivity contribution in [1.29, 1.82) is 0 Å². The number of ether oxygens (including phenoxy) is 1. The third-order valence-electron chi connectivity index (χ3n) is 3.73. The van der Waals surface area contributed by atoms with Gasteiger partial charge in [-0.3, -0.25) is 4.90 Å². The Bertz CT molecular complexity index is 418. The maximum Gasteiger partial charge on any atom is 0.130 e. The number of nitrogens with zero attached hydrogens (tertiary/aromatic N) is 1. The minimum atomic E-state index is -0.550. The highest BCUT2D eigenvalue weighted by Gasteiger charge is 2.23. The Labute approximate surface area is 118 Å². The largest absolute Gasteiger partial charge is 0.380 e. The number of benzene rings is 1. The van der Waals surface area contributed by atoms with Gasteiger partial charge in [-0.15, -0.1) is 0 Å². The van der Waals surface area contributed by atoms with Gasteiger partial charge in [0.15, 0.2) is 0 Å². The van der Waals surface area contributed by atoms with E-state index in [-0.39, 0.29) is 12.1 Å². The van der Waals surface area contributed by atoms with E-state index in [0.717, 1.165) is 12.5 Å². The number of hydrogen-bond acceptors (Lipinski definition) is 3. The lowest BCUT2D eigenvalue weighted by atomic mass is 10.0. The van der Waals surface area contributed by atoms with Gasteiger partial charge in [0.2, 0.25) is 0 Å². The van der Waals surface area contributed by atoms with Gasteiger partial charge in [-0.25, -0.2) is 8.78 Å². The van der Waals surface area contributed by atoms with Gasteiger partial charge in [0.1, 0.15) is 11.6 Å². The van der Waals surface area contributed by atoms with Crippen molar-refractivity contribution < 1.29 is 13.5 Å². The van der Waals surface area contributed by atoms with E-state index < -0.39 is 17.7 Å². The van der Waals surface area contributed by atoms with Gasteiger partial charge in [-0.05, 0) is 37.9 Å². The lowest BCUT2D eigenvalue weighted by molar-refractivity contribution is 0.0911. The van der Waals surface area contributed by atoms with Crippen LogP contribution in [0.1, 0.15) is 24.4 Å². The molecule has 0 saturated heterocycles. The Balaban J connectivity index is 1.91. The second-order valence-electron chi connectivity index (χ2n) is 5.39. The Kier molecular flexibility index (Phi) is 5.46. The molecule has 1 aromatic rings. The standard InChI is InChI=1S/C15H22F2N2O/c1-19(7-8-20-10-11-5-6-11)14(9-18)15-12(16)3-2-4-13(15)17/h2-4,11,14H,5-10,18H2,1H3. The smallest absolute Gasteiger partial charge is 0.130 e. The molecule has 1 aromatic carbocycles. The SMILES string of the molecule is CN(CCOCC1CC1)C(CN)c1c(F)cccc1F. The van der Waals surface area contributed by atoms with E-state index >= 15 is 0 Å². The predicted octanol–water partition coefficient (Wildman–Crippen LogP) is 2.32. The first-order chi connectivity index (χ1) is 9.63. The monoisotopic (exact) mass is 284 g/mol. The van der Waals surface area contributed by atoms with Crippen LogP contribution in [-0.2, 0) is 4.74 Å². The fourth-order valence-electron chi connectivity index (χ4n) is 2.25. The van der Waals surface area contributed by atoms with Crippen molar-refractivity contribution in [2.24, 2.45) is 11.7 Å². The average Bonchev–Trinajstić information content (AvgIpc) is 3.23. The average molecular weight is 284 g/mol. The normalized spacial score (nSPS) is 16.6. The van der Waals surface area contributed by atoms with Crippen molar-refractivity contribution in [3.63, 3.8) is 0 Å². The van der Waals surface area contributed by atoms with Crippen molar-refractivity contribution in [2.45, 2.75) is 18.9 Å². The summed E-state index contributed by atoms with van der Waals surface area (Å²) in [5.41, 5.74) is 5.73. The topological polar surface area (TPSA) is 38.5 Å². The molecule has 0 radical (unpaired) electrons. The minimum absolute atomic E-state index is 0.0414. The molecule has 5 heteroatoms. The second kappa shape index (κ2) is 7.11. The van der Waals surface area contributed by atoms with Gasteiger partial charge >= 0.3 is 0 Å². The Morgan fingerprint density at radius 2 is 2.00 bits per heavy atom. The van der Waals surface area contributed by atoms with Crippen molar-refractivity contribution in [1.82, 2.24) is 4.90 Å². The molecule has 0 aromatic heterocycles. The van der Waals surface area contributed by atoms with Crippen molar-refractivity contribution in [2.75, 3.05) is 33.4 Å². The van der Waals surface area contributed by atoms with Gasteiger partial charge in [0.05, 0.1) is 12.6 Å². The van der Waals surface area contributed by atoms with E-state index in [9.17, 15) is 8.78 Å². The number of nitrogens with two attached hydrogens (primary N) is 1. The fourth-order valence-corrected chi connectivity index (χ4v) is 2.25. The Hall–Kier alpha value is -1.04. The first kappa shape index (κ1) is 15.4. The van der Waals surface area contributed by atoms with Crippen molar-refractivity contribution >= 4 is 0 Å². The number of hydrogen-bond donors (Lipinski definition) is 1. The lowest BCUT2D eigenvalue weighted by Crippen LogP contribution is -2.34. The van der Waals surface area contributed by atoms with Crippen LogP contribution in [-0.4, -0.2) is 38.3 Å². The van der Waals surface area contributed by atoms with Gasteiger partial charge in [0.25, 0.3) is 0 Å². The molecule has 0 amide bonds. The fraction of sp³-hybridized carbons (Fsp3) is 0.600. The van der Waals surface area contributed by atoms with Crippen LogP contribution in [0.25, 0.3) is 0 Å². The van der Waals surface area contributed by atoms with Crippen LogP contribution in [0.4, 0.5) is 8.78 Å². The van der Waals surface area contributed by atoms with Gasteiger partial charge in [0, 0.05) is 25.3 Å². The summed E-state index contributed by atoms with van der Waals surface area (Å²) < 4.78 is 33.1. The molecule has 112 valence electrons. The first-order valence-electron chi connectivity index (χ1n) is 7.05. The van der Waals surface area contributed by atoms with Gasteiger partial charge in [-0.1, -0.05) is 6.07 Å². The van der Waals surface area contributed by atoms with Crippen LogP contribution in [0, 0.1) is 17.6 Å². The van der Waals surface area contributed by atoms with Gasteiger partial charge < -0.3 is 10.5 Å². The summed E-state index contributed by atoms with van der Waals surface area (Å²) in [6.07, 6.45) is 2.50. The highest BCUT2D eigenvalue weighted by molar-refractivity contribution is 5.23. The van der Waals surface area contributed by atoms with E-state index in [1.165, 1.54) is 31.0 Å². The molecule has 1 unspecified atom stereocenters. The van der Waals surface area contributed by atoms with E-state index in [1.807, 2.05) is 11.9 Å². The molecule has 1 fully saturated rings. The summed E-state index contributed by atoms with van der Waals surface area (Å²) in [6.45, 7) is 2.11. The van der Waals surface area contributed by atoms with Crippen LogP contribution in [0.2, 0.25) is 0 Å². The maximum absolute atomic E-state index is 13.8. The molecule has 0 heterocycles. The zero-order valence-corrected chi connectivity index (χ0v) is 11.8. The molecule has 1 atom stereocenters. The van der Waals surface area contributed by atoms with Crippen LogP contribution < -0.4 is 5.73 Å². The molecule has 0 spiro atoms. The van der Waals surface area contributed by atoms with E-state index in [4.69, 9.17) is 10.5 Å². The summed E-state index contributed by atoms with van der Waals surface area (Å²) in [7, 11) is 1.81. The molecule has 1 saturated carbocycles. The van der Waals surface area contributed by atoms with E-state index in [0.29, 0.717) is 13.2 Å². The van der Waals surface area contributed by atoms with Crippen molar-refractivity contribution in [3.8, 4) is 0 Å². The predicted molar refractivity (Wildman–Crippen MR) is 74.3 cm³/mol. The van der Waals surface area contributed by atoms with E-state index in [1.54, 1.807) is 0 Å². The molecule has 1 aliphatic carbocycles. The summed E-state index contributed by atoms with van der Waals surface area (Å²) >= 11 is 0. The highest BCUT2D eigenvalue weighted by atomic mass is 19.1. The molecular weight excluding hydrogens is 262 g/mol. The van der Waals surface area contributed by atoms with Crippen LogP contribution in [0.15, 0.2) is 18.2 Å². The van der Waals surface area contributed by atoms with E-state index in [2.05, 4.69) is 0 Å².